The average Bonchev–Trinajstić information content (AvgIpc) is 2.60. The first-order chi connectivity index (χ1) is 7.20. The summed E-state index contributed by atoms with van der Waals surface area (Å²) < 4.78 is 6.00. The Bertz CT molecular complexity index is 435. The Hall–Kier alpha value is -1.09. The predicted molar refractivity (Wildman–Crippen MR) is 62.5 cm³/mol. The van der Waals surface area contributed by atoms with Gasteiger partial charge >= 0.3 is 5.97 Å². The molecule has 0 atom stereocenters. The Morgan fingerprint density at radius 2 is 2.33 bits per heavy atom. The number of hydrogen-bond acceptors (Lipinski definition) is 2. The molecule has 0 aliphatic heterocycles. The Balaban J connectivity index is 2.23. The fourth-order valence-electron chi connectivity index (χ4n) is 1.66. The molecular weight excluding hydrogens is 256 g/mol. The summed E-state index contributed by atoms with van der Waals surface area (Å²) >= 11 is 3.41. The van der Waals surface area contributed by atoms with Crippen LogP contribution in [-0.4, -0.2) is 12.6 Å². The van der Waals surface area contributed by atoms with Crippen molar-refractivity contribution in [3.8, 4) is 0 Å². The lowest BCUT2D eigenvalue weighted by molar-refractivity contribution is -0.138. The van der Waals surface area contributed by atoms with E-state index >= 15 is 0 Å². The number of esters is 1. The highest BCUT2D eigenvalue weighted by atomic mass is 79.9. The Morgan fingerprint density at radius 3 is 3.07 bits per heavy atom. The summed E-state index contributed by atoms with van der Waals surface area (Å²) in [6.07, 6.45) is 2.58. The normalized spacial score (nSPS) is 13.3. The second-order valence-corrected chi connectivity index (χ2v) is 4.33. The number of rotatable bonds is 2. The molecule has 0 N–H and O–H groups in total. The van der Waals surface area contributed by atoms with Crippen LogP contribution in [0.4, 0.5) is 0 Å². The van der Waals surface area contributed by atoms with Gasteiger partial charge in [0.05, 0.1) is 6.61 Å². The molecule has 1 aliphatic carbocycles. The van der Waals surface area contributed by atoms with Crippen LogP contribution in [0.25, 0.3) is 6.08 Å². The molecule has 0 fully saturated rings. The van der Waals surface area contributed by atoms with Gasteiger partial charge in [0.25, 0.3) is 0 Å². The van der Waals surface area contributed by atoms with Gasteiger partial charge < -0.3 is 4.74 Å². The van der Waals surface area contributed by atoms with Crippen LogP contribution in [0.3, 0.4) is 0 Å². The molecule has 0 saturated carbocycles. The lowest BCUT2D eigenvalue weighted by Crippen LogP contribution is -2.07. The second kappa shape index (κ2) is 4.19. The van der Waals surface area contributed by atoms with Crippen molar-refractivity contribution in [2.75, 3.05) is 6.61 Å². The third-order valence-corrected chi connectivity index (χ3v) is 2.85. The number of carbonyl (C=O) groups is 1. The van der Waals surface area contributed by atoms with E-state index in [1.807, 2.05) is 31.2 Å². The fraction of sp³-hybridized carbons (Fsp3) is 0.250. The number of ether oxygens (including phenoxy) is 1. The second-order valence-electron chi connectivity index (χ2n) is 3.41. The summed E-state index contributed by atoms with van der Waals surface area (Å²) in [6.45, 7) is 2.24. The molecule has 1 aliphatic rings. The number of benzene rings is 1. The van der Waals surface area contributed by atoms with Crippen molar-refractivity contribution in [2.24, 2.45) is 0 Å². The Kier molecular flexibility index (Phi) is 2.91. The van der Waals surface area contributed by atoms with Crippen molar-refractivity contribution >= 4 is 28.0 Å². The van der Waals surface area contributed by atoms with E-state index in [1.54, 1.807) is 0 Å². The number of fused-ring (bicyclic) bond motifs is 1. The SMILES string of the molecule is CCOC(=O)C1=Cc2cc(Br)ccc2C1. The zero-order valence-corrected chi connectivity index (χ0v) is 10.0. The van der Waals surface area contributed by atoms with Gasteiger partial charge in [0.2, 0.25) is 0 Å². The molecule has 0 radical (unpaired) electrons. The monoisotopic (exact) mass is 266 g/mol. The molecule has 0 bridgehead atoms. The third kappa shape index (κ3) is 2.12. The van der Waals surface area contributed by atoms with Crippen LogP contribution >= 0.6 is 15.9 Å². The first kappa shape index (κ1) is 10.4. The molecule has 0 spiro atoms. The maximum atomic E-state index is 11.5. The molecule has 0 amide bonds. The van der Waals surface area contributed by atoms with Gasteiger partial charge in [0.15, 0.2) is 0 Å². The quantitative estimate of drug-likeness (QED) is 0.770. The molecule has 0 unspecified atom stereocenters. The highest BCUT2D eigenvalue weighted by Crippen LogP contribution is 2.28. The minimum atomic E-state index is -0.204. The van der Waals surface area contributed by atoms with E-state index < -0.39 is 0 Å². The van der Waals surface area contributed by atoms with Gasteiger partial charge in [-0.2, -0.15) is 0 Å². The van der Waals surface area contributed by atoms with E-state index in [0.29, 0.717) is 13.0 Å². The standard InChI is InChI=1S/C12H11BrO2/c1-2-15-12(14)10-5-8-3-4-11(13)7-9(8)6-10/h3-4,6-7H,2,5H2,1H3. The van der Waals surface area contributed by atoms with Crippen molar-refractivity contribution in [3.05, 3.63) is 39.4 Å². The predicted octanol–water partition coefficient (Wildman–Crippen LogP) is 2.95. The van der Waals surface area contributed by atoms with Gasteiger partial charge in [-0.05, 0) is 36.3 Å². The van der Waals surface area contributed by atoms with Crippen LogP contribution in [0.1, 0.15) is 18.1 Å². The molecular formula is C12H11BrO2. The van der Waals surface area contributed by atoms with E-state index in [1.165, 1.54) is 5.56 Å². The van der Waals surface area contributed by atoms with Gasteiger partial charge in [0, 0.05) is 16.5 Å². The first-order valence-electron chi connectivity index (χ1n) is 4.87. The van der Waals surface area contributed by atoms with Crippen LogP contribution in [0, 0.1) is 0 Å². The van der Waals surface area contributed by atoms with Crippen molar-refractivity contribution in [1.29, 1.82) is 0 Å². The zero-order valence-electron chi connectivity index (χ0n) is 8.42. The molecule has 78 valence electrons. The van der Waals surface area contributed by atoms with Gasteiger partial charge in [-0.3, -0.25) is 0 Å². The van der Waals surface area contributed by atoms with Crippen LogP contribution in [0.2, 0.25) is 0 Å². The molecule has 1 aromatic rings. The number of halogens is 1. The molecule has 0 heterocycles. The highest BCUT2D eigenvalue weighted by Gasteiger charge is 2.19. The van der Waals surface area contributed by atoms with Gasteiger partial charge in [0.1, 0.15) is 0 Å². The maximum absolute atomic E-state index is 11.5. The summed E-state index contributed by atoms with van der Waals surface area (Å²) in [7, 11) is 0. The molecule has 2 rings (SSSR count). The average molecular weight is 267 g/mol. The smallest absolute Gasteiger partial charge is 0.334 e. The summed E-state index contributed by atoms with van der Waals surface area (Å²) in [6, 6.07) is 6.03. The van der Waals surface area contributed by atoms with Crippen LogP contribution in [-0.2, 0) is 16.0 Å². The van der Waals surface area contributed by atoms with Crippen molar-refractivity contribution in [2.45, 2.75) is 13.3 Å². The van der Waals surface area contributed by atoms with Crippen molar-refractivity contribution < 1.29 is 9.53 Å². The zero-order chi connectivity index (χ0) is 10.8. The first-order valence-corrected chi connectivity index (χ1v) is 5.66. The largest absolute Gasteiger partial charge is 0.463 e. The molecule has 15 heavy (non-hydrogen) atoms. The summed E-state index contributed by atoms with van der Waals surface area (Å²) in [5.41, 5.74) is 3.03. The lowest BCUT2D eigenvalue weighted by atomic mass is 10.1. The lowest BCUT2D eigenvalue weighted by Gasteiger charge is -2.01. The van der Waals surface area contributed by atoms with Crippen molar-refractivity contribution in [3.63, 3.8) is 0 Å². The van der Waals surface area contributed by atoms with E-state index in [9.17, 15) is 4.79 Å². The van der Waals surface area contributed by atoms with Crippen molar-refractivity contribution in [1.82, 2.24) is 0 Å². The topological polar surface area (TPSA) is 26.3 Å². The van der Waals surface area contributed by atoms with Gasteiger partial charge in [-0.1, -0.05) is 22.0 Å². The minimum absolute atomic E-state index is 0.204. The van der Waals surface area contributed by atoms with E-state index in [2.05, 4.69) is 15.9 Å². The molecule has 3 heteroatoms. The van der Waals surface area contributed by atoms with Crippen LogP contribution in [0.5, 0.6) is 0 Å². The van der Waals surface area contributed by atoms with Crippen LogP contribution in [0.15, 0.2) is 28.2 Å². The molecule has 0 saturated heterocycles. The maximum Gasteiger partial charge on any atom is 0.334 e. The van der Waals surface area contributed by atoms with E-state index in [0.717, 1.165) is 15.6 Å². The Morgan fingerprint density at radius 1 is 1.53 bits per heavy atom. The molecule has 1 aromatic carbocycles. The summed E-state index contributed by atoms with van der Waals surface area (Å²) in [5, 5.41) is 0. The number of carbonyl (C=O) groups excluding carboxylic acids is 1. The van der Waals surface area contributed by atoms with Gasteiger partial charge in [-0.25, -0.2) is 4.79 Å². The number of hydrogen-bond donors (Lipinski definition) is 0. The fourth-order valence-corrected chi connectivity index (χ4v) is 2.04. The third-order valence-electron chi connectivity index (χ3n) is 2.36. The van der Waals surface area contributed by atoms with E-state index in [-0.39, 0.29) is 5.97 Å². The highest BCUT2D eigenvalue weighted by molar-refractivity contribution is 9.10. The minimum Gasteiger partial charge on any atom is -0.463 e. The van der Waals surface area contributed by atoms with Gasteiger partial charge in [-0.15, -0.1) is 0 Å². The summed E-state index contributed by atoms with van der Waals surface area (Å²) in [4.78, 5) is 11.5. The Labute approximate surface area is 97.1 Å². The van der Waals surface area contributed by atoms with Crippen LogP contribution < -0.4 is 0 Å². The molecule has 2 nitrogen and oxygen atoms in total. The summed E-state index contributed by atoms with van der Waals surface area (Å²) in [5.74, 6) is -0.204. The molecule has 0 aromatic heterocycles. The van der Waals surface area contributed by atoms with E-state index in [4.69, 9.17) is 4.74 Å².